The molecule has 0 aromatic heterocycles. The third-order valence-electron chi connectivity index (χ3n) is 5.72. The van der Waals surface area contributed by atoms with Gasteiger partial charge >= 0.3 is 0 Å². The molecule has 0 radical (unpaired) electrons. The van der Waals surface area contributed by atoms with E-state index in [-0.39, 0.29) is 5.91 Å². The molecule has 1 aliphatic heterocycles. The highest BCUT2D eigenvalue weighted by molar-refractivity contribution is 5.81. The van der Waals surface area contributed by atoms with Crippen LogP contribution in [0.4, 0.5) is 5.69 Å². The topological polar surface area (TPSA) is 41.6 Å². The van der Waals surface area contributed by atoms with Gasteiger partial charge in [-0.25, -0.2) is 0 Å². The van der Waals surface area contributed by atoms with E-state index in [1.807, 2.05) is 29.3 Å². The lowest BCUT2D eigenvalue weighted by molar-refractivity contribution is -0.119. The quantitative estimate of drug-likeness (QED) is 0.292. The highest BCUT2D eigenvalue weighted by Gasteiger charge is 2.18. The summed E-state index contributed by atoms with van der Waals surface area (Å²) in [4.78, 5) is 11.4. The van der Waals surface area contributed by atoms with Gasteiger partial charge in [-0.2, -0.15) is 0 Å². The molecular weight excluding hydrogens is 360 g/mol. The number of hydrogen-bond donors (Lipinski definition) is 1. The molecule has 0 bridgehead atoms. The second-order valence-corrected chi connectivity index (χ2v) is 8.38. The fourth-order valence-corrected chi connectivity index (χ4v) is 3.90. The molecule has 29 heavy (non-hydrogen) atoms. The predicted octanol–water partition coefficient (Wildman–Crippen LogP) is 6.79. The van der Waals surface area contributed by atoms with Gasteiger partial charge in [-0.3, -0.25) is 15.2 Å². The number of carbonyl (C=O) groups excluding carboxylic acids is 1. The van der Waals surface area contributed by atoms with Crippen LogP contribution in [-0.2, 0) is 4.79 Å². The van der Waals surface area contributed by atoms with Gasteiger partial charge in [0.25, 0.3) is 0 Å². The summed E-state index contributed by atoms with van der Waals surface area (Å²) >= 11 is 0. The van der Waals surface area contributed by atoms with Gasteiger partial charge in [0, 0.05) is 19.0 Å². The van der Waals surface area contributed by atoms with Crippen LogP contribution in [0.2, 0.25) is 0 Å². The second kappa shape index (κ2) is 15.2. The van der Waals surface area contributed by atoms with Crippen molar-refractivity contribution < 1.29 is 9.53 Å². The number of rotatable bonds is 17. The van der Waals surface area contributed by atoms with E-state index in [2.05, 4.69) is 12.3 Å². The van der Waals surface area contributed by atoms with Crippen molar-refractivity contribution in [3.8, 4) is 5.75 Å². The van der Waals surface area contributed by atoms with Gasteiger partial charge in [-0.05, 0) is 18.6 Å². The van der Waals surface area contributed by atoms with Crippen molar-refractivity contribution >= 4 is 11.6 Å². The fourth-order valence-electron chi connectivity index (χ4n) is 3.90. The molecule has 0 saturated carbocycles. The number of nitrogens with one attached hydrogen (secondary N) is 1. The summed E-state index contributed by atoms with van der Waals surface area (Å²) in [5.41, 5.74) is 3.85. The van der Waals surface area contributed by atoms with Gasteiger partial charge in [0.1, 0.15) is 5.75 Å². The Kier molecular flexibility index (Phi) is 12.3. The minimum Gasteiger partial charge on any atom is -0.494 e. The summed E-state index contributed by atoms with van der Waals surface area (Å²) in [5.74, 6) is 0.970. The Labute approximate surface area is 178 Å². The summed E-state index contributed by atoms with van der Waals surface area (Å²) in [5, 5.41) is 1.89. The monoisotopic (exact) mass is 402 g/mol. The summed E-state index contributed by atoms with van der Waals surface area (Å²) in [6, 6.07) is 7.99. The molecule has 1 N–H and O–H groups in total. The van der Waals surface area contributed by atoms with Crippen LogP contribution in [0.5, 0.6) is 5.75 Å². The van der Waals surface area contributed by atoms with Crippen LogP contribution in [0.15, 0.2) is 24.3 Å². The van der Waals surface area contributed by atoms with Crippen molar-refractivity contribution in [3.63, 3.8) is 0 Å². The minimum atomic E-state index is 0.0822. The maximum absolute atomic E-state index is 11.4. The number of amides is 1. The SMILES string of the molecule is CCCCCCCCCCCCCCCCOc1cccc(N2CCC(=O)N2)c1. The third-order valence-corrected chi connectivity index (χ3v) is 5.72. The predicted molar refractivity (Wildman–Crippen MR) is 122 cm³/mol. The largest absolute Gasteiger partial charge is 0.494 e. The first-order chi connectivity index (χ1) is 14.3. The Bertz CT molecular complexity index is 562. The number of benzene rings is 1. The van der Waals surface area contributed by atoms with Crippen LogP contribution >= 0.6 is 0 Å². The van der Waals surface area contributed by atoms with Gasteiger partial charge < -0.3 is 4.74 Å². The smallest absolute Gasteiger partial charge is 0.240 e. The molecule has 0 spiro atoms. The van der Waals surface area contributed by atoms with Crippen molar-refractivity contribution in [1.82, 2.24) is 5.43 Å². The molecular formula is C25H42N2O2. The molecule has 1 heterocycles. The molecule has 4 heteroatoms. The maximum Gasteiger partial charge on any atom is 0.240 e. The van der Waals surface area contributed by atoms with E-state index in [0.717, 1.165) is 31.0 Å². The maximum atomic E-state index is 11.4. The van der Waals surface area contributed by atoms with E-state index in [1.54, 1.807) is 0 Å². The summed E-state index contributed by atoms with van der Waals surface area (Å²) in [6.45, 7) is 3.78. The Balaban J connectivity index is 1.39. The van der Waals surface area contributed by atoms with Crippen molar-refractivity contribution in [2.24, 2.45) is 0 Å². The molecule has 1 aliphatic rings. The normalized spacial score (nSPS) is 13.7. The molecule has 2 rings (SSSR count). The average Bonchev–Trinajstić information content (AvgIpc) is 3.17. The zero-order chi connectivity index (χ0) is 20.6. The Morgan fingerprint density at radius 1 is 0.862 bits per heavy atom. The first-order valence-electron chi connectivity index (χ1n) is 12.1. The molecule has 1 amide bonds. The minimum absolute atomic E-state index is 0.0822. The molecule has 1 aromatic carbocycles. The van der Waals surface area contributed by atoms with Gasteiger partial charge in [0.15, 0.2) is 0 Å². The molecule has 164 valence electrons. The van der Waals surface area contributed by atoms with Crippen molar-refractivity contribution in [2.75, 3.05) is 18.2 Å². The van der Waals surface area contributed by atoms with Crippen LogP contribution in [-0.4, -0.2) is 19.1 Å². The first kappa shape index (κ1) is 23.6. The lowest BCUT2D eigenvalue weighted by Crippen LogP contribution is -2.32. The van der Waals surface area contributed by atoms with Gasteiger partial charge in [0.05, 0.1) is 12.3 Å². The average molecular weight is 403 g/mol. The van der Waals surface area contributed by atoms with E-state index in [1.165, 1.54) is 83.5 Å². The van der Waals surface area contributed by atoms with Gasteiger partial charge in [-0.15, -0.1) is 0 Å². The van der Waals surface area contributed by atoms with Gasteiger partial charge in [-0.1, -0.05) is 96.5 Å². The van der Waals surface area contributed by atoms with Crippen LogP contribution in [0, 0.1) is 0 Å². The number of nitrogens with zero attached hydrogens (tertiary/aromatic N) is 1. The number of anilines is 1. The number of hydrazine groups is 1. The van der Waals surface area contributed by atoms with Crippen LogP contribution in [0.1, 0.15) is 103 Å². The number of ether oxygens (including phenoxy) is 1. The van der Waals surface area contributed by atoms with Crippen molar-refractivity contribution in [1.29, 1.82) is 0 Å². The van der Waals surface area contributed by atoms with E-state index >= 15 is 0 Å². The summed E-state index contributed by atoms with van der Waals surface area (Å²) in [7, 11) is 0. The third kappa shape index (κ3) is 10.6. The Hall–Kier alpha value is -1.71. The lowest BCUT2D eigenvalue weighted by Gasteiger charge is -2.18. The van der Waals surface area contributed by atoms with E-state index < -0.39 is 0 Å². The molecule has 4 nitrogen and oxygen atoms in total. The Morgan fingerprint density at radius 2 is 1.45 bits per heavy atom. The lowest BCUT2D eigenvalue weighted by atomic mass is 10.0. The molecule has 1 saturated heterocycles. The number of hydrogen-bond acceptors (Lipinski definition) is 3. The van der Waals surface area contributed by atoms with Crippen LogP contribution in [0.25, 0.3) is 0 Å². The van der Waals surface area contributed by atoms with Gasteiger partial charge in [0.2, 0.25) is 5.91 Å². The molecule has 1 aromatic rings. The number of carbonyl (C=O) groups is 1. The molecule has 0 aliphatic carbocycles. The van der Waals surface area contributed by atoms with Crippen LogP contribution < -0.4 is 15.2 Å². The van der Waals surface area contributed by atoms with E-state index in [4.69, 9.17) is 4.74 Å². The van der Waals surface area contributed by atoms with Crippen molar-refractivity contribution in [2.45, 2.75) is 103 Å². The second-order valence-electron chi connectivity index (χ2n) is 8.38. The van der Waals surface area contributed by atoms with Crippen molar-refractivity contribution in [3.05, 3.63) is 24.3 Å². The zero-order valence-corrected chi connectivity index (χ0v) is 18.6. The van der Waals surface area contributed by atoms with E-state index in [9.17, 15) is 4.79 Å². The highest BCUT2D eigenvalue weighted by atomic mass is 16.5. The first-order valence-corrected chi connectivity index (χ1v) is 12.1. The Morgan fingerprint density at radius 3 is 2.00 bits per heavy atom. The summed E-state index contributed by atoms with van der Waals surface area (Å²) in [6.07, 6.45) is 19.8. The molecule has 0 atom stereocenters. The number of unbranched alkanes of at least 4 members (excludes halogenated alkanes) is 13. The van der Waals surface area contributed by atoms with Crippen LogP contribution in [0.3, 0.4) is 0 Å². The zero-order valence-electron chi connectivity index (χ0n) is 18.6. The standard InChI is InChI=1S/C25H42N2O2/c1-2-3-4-5-6-7-8-9-10-11-12-13-14-15-21-29-24-18-16-17-23(22-24)27-20-19-25(28)26-27/h16-18,22H,2-15,19-21H2,1H3,(H,26,28). The fraction of sp³-hybridized carbons (Fsp3) is 0.720. The summed E-state index contributed by atoms with van der Waals surface area (Å²) < 4.78 is 5.90. The molecule has 0 unspecified atom stereocenters. The highest BCUT2D eigenvalue weighted by Crippen LogP contribution is 2.22. The molecule has 1 fully saturated rings. The van der Waals surface area contributed by atoms with E-state index in [0.29, 0.717) is 6.42 Å².